The summed E-state index contributed by atoms with van der Waals surface area (Å²) < 4.78 is 5.00. The maximum absolute atomic E-state index is 12.2. The van der Waals surface area contributed by atoms with E-state index in [2.05, 4.69) is 16.7 Å². The van der Waals surface area contributed by atoms with Gasteiger partial charge in [0.25, 0.3) is 11.8 Å². The van der Waals surface area contributed by atoms with Gasteiger partial charge in [0.2, 0.25) is 0 Å². The van der Waals surface area contributed by atoms with Crippen LogP contribution in [0, 0.1) is 13.8 Å². The quantitative estimate of drug-likeness (QED) is 0.738. The van der Waals surface area contributed by atoms with E-state index in [0.29, 0.717) is 5.56 Å². The molecule has 2 amide bonds. The third-order valence-electron chi connectivity index (χ3n) is 4.95. The van der Waals surface area contributed by atoms with Crippen LogP contribution in [0.3, 0.4) is 0 Å². The van der Waals surface area contributed by atoms with Crippen molar-refractivity contribution in [3.05, 3.63) is 70.3 Å². The Bertz CT molecular complexity index is 903. The Hall–Kier alpha value is -3.15. The third kappa shape index (κ3) is 5.67. The van der Waals surface area contributed by atoms with Crippen molar-refractivity contribution in [3.8, 4) is 0 Å². The molecule has 29 heavy (non-hydrogen) atoms. The van der Waals surface area contributed by atoms with Gasteiger partial charge in [-0.1, -0.05) is 41.5 Å². The van der Waals surface area contributed by atoms with Crippen molar-refractivity contribution in [1.29, 1.82) is 0 Å². The van der Waals surface area contributed by atoms with Crippen LogP contribution in [-0.4, -0.2) is 30.9 Å². The van der Waals surface area contributed by atoms with E-state index in [0.717, 1.165) is 36.0 Å². The molecule has 0 saturated carbocycles. The Morgan fingerprint density at radius 3 is 2.55 bits per heavy atom. The molecule has 152 valence electrons. The molecule has 2 aromatic rings. The molecule has 2 aromatic carbocycles. The molecule has 1 atom stereocenters. The number of fused-ring (bicyclic) bond motifs is 1. The van der Waals surface area contributed by atoms with Crippen LogP contribution in [0.2, 0.25) is 0 Å². The summed E-state index contributed by atoms with van der Waals surface area (Å²) in [6.45, 7) is 3.16. The summed E-state index contributed by atoms with van der Waals surface area (Å²) in [6, 6.07) is 13.5. The Morgan fingerprint density at radius 2 is 1.79 bits per heavy atom. The molecule has 0 unspecified atom stereocenters. The number of hydrogen-bond acceptors (Lipinski definition) is 4. The fourth-order valence-electron chi connectivity index (χ4n) is 3.70. The summed E-state index contributed by atoms with van der Waals surface area (Å²) in [6.07, 6.45) is 2.88. The lowest BCUT2D eigenvalue weighted by Crippen LogP contribution is -2.36. The van der Waals surface area contributed by atoms with E-state index in [-0.39, 0.29) is 31.0 Å². The van der Waals surface area contributed by atoms with Gasteiger partial charge in [-0.05, 0) is 56.4 Å². The van der Waals surface area contributed by atoms with Crippen molar-refractivity contribution in [2.24, 2.45) is 0 Å². The highest BCUT2D eigenvalue weighted by atomic mass is 16.5. The van der Waals surface area contributed by atoms with Gasteiger partial charge in [0.1, 0.15) is 6.54 Å². The van der Waals surface area contributed by atoms with E-state index < -0.39 is 5.97 Å². The summed E-state index contributed by atoms with van der Waals surface area (Å²) in [5.74, 6) is -1.35. The van der Waals surface area contributed by atoms with Crippen LogP contribution in [0.5, 0.6) is 0 Å². The van der Waals surface area contributed by atoms with E-state index in [9.17, 15) is 14.4 Å². The topological polar surface area (TPSA) is 84.5 Å². The highest BCUT2D eigenvalue weighted by molar-refractivity contribution is 5.96. The number of rotatable bonds is 6. The van der Waals surface area contributed by atoms with E-state index in [1.807, 2.05) is 38.1 Å². The second-order valence-corrected chi connectivity index (χ2v) is 7.43. The first kappa shape index (κ1) is 20.6. The number of hydrogen-bond donors (Lipinski definition) is 2. The molecule has 0 radical (unpaired) electrons. The molecule has 0 spiro atoms. The van der Waals surface area contributed by atoms with Crippen LogP contribution in [0.4, 0.5) is 0 Å². The van der Waals surface area contributed by atoms with Gasteiger partial charge in [-0.15, -0.1) is 0 Å². The van der Waals surface area contributed by atoms with Crippen LogP contribution in [0.25, 0.3) is 0 Å². The molecule has 0 bridgehead atoms. The molecular weight excluding hydrogens is 368 g/mol. The summed E-state index contributed by atoms with van der Waals surface area (Å²) in [4.78, 5) is 36.2. The molecule has 6 heteroatoms. The minimum absolute atomic E-state index is 0.0598. The lowest BCUT2D eigenvalue weighted by molar-refractivity contribution is -0.147. The van der Waals surface area contributed by atoms with E-state index >= 15 is 0 Å². The van der Waals surface area contributed by atoms with E-state index in [1.54, 1.807) is 12.1 Å². The van der Waals surface area contributed by atoms with Gasteiger partial charge in [0.15, 0.2) is 6.61 Å². The van der Waals surface area contributed by atoms with Crippen LogP contribution in [-0.2, 0) is 20.7 Å². The van der Waals surface area contributed by atoms with E-state index in [1.165, 1.54) is 5.56 Å². The van der Waals surface area contributed by atoms with Crippen molar-refractivity contribution < 1.29 is 19.1 Å². The zero-order valence-corrected chi connectivity index (χ0v) is 16.8. The van der Waals surface area contributed by atoms with Gasteiger partial charge in [0.05, 0.1) is 6.04 Å². The van der Waals surface area contributed by atoms with Gasteiger partial charge < -0.3 is 15.4 Å². The van der Waals surface area contributed by atoms with Crippen LogP contribution >= 0.6 is 0 Å². The first-order valence-corrected chi connectivity index (χ1v) is 9.81. The highest BCUT2D eigenvalue weighted by Gasteiger charge is 2.21. The Balaban J connectivity index is 1.44. The first-order chi connectivity index (χ1) is 13.9. The van der Waals surface area contributed by atoms with Crippen LogP contribution in [0.15, 0.2) is 42.5 Å². The molecule has 0 saturated heterocycles. The predicted octanol–water partition coefficient (Wildman–Crippen LogP) is 2.77. The highest BCUT2D eigenvalue weighted by Crippen LogP contribution is 2.29. The average molecular weight is 394 g/mol. The van der Waals surface area contributed by atoms with Gasteiger partial charge >= 0.3 is 5.97 Å². The Morgan fingerprint density at radius 1 is 1.07 bits per heavy atom. The number of benzene rings is 2. The molecule has 1 aliphatic carbocycles. The van der Waals surface area contributed by atoms with Crippen molar-refractivity contribution in [1.82, 2.24) is 10.6 Å². The first-order valence-electron chi connectivity index (χ1n) is 9.81. The number of nitrogens with one attached hydrogen (secondary N) is 2. The second kappa shape index (κ2) is 9.37. The molecule has 0 aromatic heterocycles. The van der Waals surface area contributed by atoms with Gasteiger partial charge in [-0.25, -0.2) is 0 Å². The second-order valence-electron chi connectivity index (χ2n) is 7.43. The Labute approximate surface area is 170 Å². The van der Waals surface area contributed by atoms with Crippen LogP contribution < -0.4 is 10.6 Å². The summed E-state index contributed by atoms with van der Waals surface area (Å²) in [7, 11) is 0. The fraction of sp³-hybridized carbons (Fsp3) is 0.348. The molecule has 2 N–H and O–H groups in total. The molecular formula is C23H26N2O4. The smallest absolute Gasteiger partial charge is 0.325 e. The summed E-state index contributed by atoms with van der Waals surface area (Å²) in [5, 5.41) is 5.46. The summed E-state index contributed by atoms with van der Waals surface area (Å²) in [5.41, 5.74) is 4.80. The number of amides is 2. The van der Waals surface area contributed by atoms with Crippen molar-refractivity contribution >= 4 is 17.8 Å². The monoisotopic (exact) mass is 394 g/mol. The Kier molecular flexibility index (Phi) is 6.65. The molecule has 1 aliphatic rings. The number of carbonyl (C=O) groups is 3. The maximum Gasteiger partial charge on any atom is 0.325 e. The fourth-order valence-corrected chi connectivity index (χ4v) is 3.70. The van der Waals surface area contributed by atoms with Gasteiger partial charge in [0, 0.05) is 5.56 Å². The number of aryl methyl sites for hydroxylation is 3. The molecule has 0 aliphatic heterocycles. The number of ether oxygens (including phenoxy) is 1. The largest absolute Gasteiger partial charge is 0.454 e. The SMILES string of the molecule is Cc1cc(C)cc(C(=O)NCC(=O)OCC(=O)N[C@H]2CCCc3ccccc32)c1. The lowest BCUT2D eigenvalue weighted by Gasteiger charge is -2.26. The standard InChI is InChI=1S/C23H26N2O4/c1-15-10-16(2)12-18(11-15)23(28)24-13-22(27)29-14-21(26)25-20-9-5-7-17-6-3-4-8-19(17)20/h3-4,6,8,10-12,20H,5,7,9,13-14H2,1-2H3,(H,24,28)(H,25,26)/t20-/m0/s1. The minimum Gasteiger partial charge on any atom is -0.454 e. The molecule has 6 nitrogen and oxygen atoms in total. The molecule has 0 fully saturated rings. The van der Waals surface area contributed by atoms with E-state index in [4.69, 9.17) is 4.74 Å². The zero-order chi connectivity index (χ0) is 20.8. The summed E-state index contributed by atoms with van der Waals surface area (Å²) >= 11 is 0. The van der Waals surface area contributed by atoms with Gasteiger partial charge in [-0.3, -0.25) is 14.4 Å². The minimum atomic E-state index is -0.651. The average Bonchev–Trinajstić information content (AvgIpc) is 2.70. The van der Waals surface area contributed by atoms with Crippen LogP contribution in [0.1, 0.15) is 51.5 Å². The lowest BCUT2D eigenvalue weighted by atomic mass is 9.88. The molecule has 3 rings (SSSR count). The van der Waals surface area contributed by atoms with Crippen molar-refractivity contribution in [3.63, 3.8) is 0 Å². The van der Waals surface area contributed by atoms with Crippen molar-refractivity contribution in [2.75, 3.05) is 13.2 Å². The normalized spacial score (nSPS) is 15.2. The van der Waals surface area contributed by atoms with Crippen molar-refractivity contribution in [2.45, 2.75) is 39.2 Å². The maximum atomic E-state index is 12.2. The number of carbonyl (C=O) groups excluding carboxylic acids is 3. The third-order valence-corrected chi connectivity index (χ3v) is 4.95. The van der Waals surface area contributed by atoms with Gasteiger partial charge in [-0.2, -0.15) is 0 Å². The zero-order valence-electron chi connectivity index (χ0n) is 16.8. The predicted molar refractivity (Wildman–Crippen MR) is 109 cm³/mol. The number of esters is 1. The molecule has 0 heterocycles.